The maximum Gasteiger partial charge on any atom is 0.276 e. The minimum atomic E-state index is -0.629. The number of fused-ring (bicyclic) bond motifs is 1. The molecule has 36 heavy (non-hydrogen) atoms. The van der Waals surface area contributed by atoms with Crippen molar-refractivity contribution in [3.63, 3.8) is 0 Å². The van der Waals surface area contributed by atoms with Crippen LogP contribution in [0.1, 0.15) is 49.2 Å². The zero-order valence-electron chi connectivity index (χ0n) is 20.8. The highest BCUT2D eigenvalue weighted by Gasteiger charge is 2.19. The second kappa shape index (κ2) is 11.0. The number of pyridine rings is 1. The number of nitrogens with zero attached hydrogens (tertiary/aromatic N) is 4. The van der Waals surface area contributed by atoms with Gasteiger partial charge in [-0.3, -0.25) is 9.78 Å². The van der Waals surface area contributed by atoms with Crippen molar-refractivity contribution >= 4 is 34.4 Å². The summed E-state index contributed by atoms with van der Waals surface area (Å²) >= 11 is 0. The van der Waals surface area contributed by atoms with Gasteiger partial charge in [-0.1, -0.05) is 26.3 Å². The third kappa shape index (κ3) is 5.37. The molecule has 1 atom stereocenters. The summed E-state index contributed by atoms with van der Waals surface area (Å²) in [5, 5.41) is 14.1. The number of ether oxygens (including phenoxy) is 1. The highest BCUT2D eigenvalue weighted by Crippen LogP contribution is 2.29. The SMILES string of the molecule is CCC[C@@H](CC)Nc1cc(Nc2ccc(C)c(OC)c2)c2ncc(C(=O)Nc3ccncc3F)n2n1. The molecule has 0 bridgehead atoms. The highest BCUT2D eigenvalue weighted by molar-refractivity contribution is 6.03. The molecule has 3 N–H and O–H groups in total. The molecule has 3 aromatic heterocycles. The predicted molar refractivity (Wildman–Crippen MR) is 139 cm³/mol. The van der Waals surface area contributed by atoms with E-state index in [9.17, 15) is 9.18 Å². The number of amides is 1. The molecule has 1 amide bonds. The van der Waals surface area contributed by atoms with Crippen LogP contribution in [0.4, 0.5) is 27.3 Å². The number of halogens is 1. The Bertz CT molecular complexity index is 1370. The molecule has 0 radical (unpaired) electrons. The summed E-state index contributed by atoms with van der Waals surface area (Å²) in [5.41, 5.74) is 3.10. The Kier molecular flexibility index (Phi) is 7.62. The lowest BCUT2D eigenvalue weighted by Crippen LogP contribution is -2.21. The van der Waals surface area contributed by atoms with Gasteiger partial charge in [-0.15, -0.1) is 5.10 Å². The lowest BCUT2D eigenvalue weighted by Gasteiger charge is -2.18. The van der Waals surface area contributed by atoms with Gasteiger partial charge in [0.05, 0.1) is 30.9 Å². The second-order valence-electron chi connectivity index (χ2n) is 8.48. The van der Waals surface area contributed by atoms with Gasteiger partial charge in [-0.25, -0.2) is 13.9 Å². The molecule has 4 aromatic rings. The molecule has 0 spiro atoms. The molecule has 0 saturated heterocycles. The van der Waals surface area contributed by atoms with Crippen molar-refractivity contribution < 1.29 is 13.9 Å². The number of nitrogens with one attached hydrogen (secondary N) is 3. The first-order valence-corrected chi connectivity index (χ1v) is 11.9. The Morgan fingerprint density at radius 2 is 2.00 bits per heavy atom. The number of rotatable bonds is 10. The van der Waals surface area contributed by atoms with Crippen molar-refractivity contribution in [3.05, 3.63) is 66.0 Å². The molecule has 0 aliphatic carbocycles. The van der Waals surface area contributed by atoms with E-state index in [1.165, 1.54) is 23.0 Å². The zero-order chi connectivity index (χ0) is 25.7. The number of anilines is 4. The maximum absolute atomic E-state index is 14.1. The van der Waals surface area contributed by atoms with Crippen LogP contribution in [0.25, 0.3) is 5.65 Å². The van der Waals surface area contributed by atoms with Crippen molar-refractivity contribution in [1.29, 1.82) is 0 Å². The van der Waals surface area contributed by atoms with E-state index in [-0.39, 0.29) is 17.4 Å². The van der Waals surface area contributed by atoms with Crippen LogP contribution in [0.15, 0.2) is 48.9 Å². The van der Waals surface area contributed by atoms with E-state index in [2.05, 4.69) is 44.9 Å². The molecule has 0 aliphatic rings. The van der Waals surface area contributed by atoms with Gasteiger partial charge < -0.3 is 20.7 Å². The molecular formula is C26H30FN7O2. The van der Waals surface area contributed by atoms with Crippen molar-refractivity contribution in [2.45, 2.75) is 46.1 Å². The molecule has 4 rings (SSSR count). The molecule has 9 nitrogen and oxygen atoms in total. The molecule has 10 heteroatoms. The van der Waals surface area contributed by atoms with Crippen LogP contribution in [0.2, 0.25) is 0 Å². The Morgan fingerprint density at radius 1 is 1.17 bits per heavy atom. The standard InChI is InChI=1S/C26H30FN7O2/c1-5-7-17(6-2)31-24-13-21(30-18-9-8-16(3)23(12-18)36-4)25-29-15-22(34(25)33-24)26(35)32-20-10-11-28-14-19(20)27/h8-15,17,30H,5-7H2,1-4H3,(H,31,33)(H,28,32,35)/t17-/m1/s1. The Hall–Kier alpha value is -4.21. The molecule has 0 unspecified atom stereocenters. The lowest BCUT2D eigenvalue weighted by atomic mass is 10.1. The molecule has 0 saturated carbocycles. The summed E-state index contributed by atoms with van der Waals surface area (Å²) in [5.74, 6) is 0.170. The normalized spacial score (nSPS) is 11.8. The zero-order valence-corrected chi connectivity index (χ0v) is 20.8. The van der Waals surface area contributed by atoms with Gasteiger partial charge in [0.15, 0.2) is 17.2 Å². The minimum Gasteiger partial charge on any atom is -0.496 e. The van der Waals surface area contributed by atoms with Gasteiger partial charge in [0, 0.05) is 30.1 Å². The number of carbonyl (C=O) groups excluding carboxylic acids is 1. The van der Waals surface area contributed by atoms with Crippen LogP contribution in [-0.4, -0.2) is 38.6 Å². The molecule has 0 fully saturated rings. The first-order valence-electron chi connectivity index (χ1n) is 11.9. The average Bonchev–Trinajstić information content (AvgIpc) is 3.30. The number of benzene rings is 1. The predicted octanol–water partition coefficient (Wildman–Crippen LogP) is 5.57. The Morgan fingerprint density at radius 3 is 2.72 bits per heavy atom. The van der Waals surface area contributed by atoms with E-state index < -0.39 is 11.7 Å². The van der Waals surface area contributed by atoms with Crippen LogP contribution in [0.3, 0.4) is 0 Å². The van der Waals surface area contributed by atoms with Crippen LogP contribution < -0.4 is 20.7 Å². The number of hydrogen-bond acceptors (Lipinski definition) is 7. The smallest absolute Gasteiger partial charge is 0.276 e. The van der Waals surface area contributed by atoms with E-state index >= 15 is 0 Å². The molecule has 0 aliphatic heterocycles. The number of aromatic nitrogens is 4. The first-order chi connectivity index (χ1) is 17.4. The van der Waals surface area contributed by atoms with Gasteiger partial charge in [0.25, 0.3) is 5.91 Å². The largest absolute Gasteiger partial charge is 0.496 e. The number of aryl methyl sites for hydroxylation is 1. The number of carbonyl (C=O) groups is 1. The van der Waals surface area contributed by atoms with Gasteiger partial charge in [-0.05, 0) is 37.5 Å². The maximum atomic E-state index is 14.1. The van der Waals surface area contributed by atoms with Crippen LogP contribution in [0.5, 0.6) is 5.75 Å². The number of hydrogen-bond donors (Lipinski definition) is 3. The quantitative estimate of drug-likeness (QED) is 0.266. The van der Waals surface area contributed by atoms with E-state index in [0.717, 1.165) is 42.5 Å². The summed E-state index contributed by atoms with van der Waals surface area (Å²) in [6.45, 7) is 6.22. The third-order valence-electron chi connectivity index (χ3n) is 5.89. The Balaban J connectivity index is 1.75. The molecule has 1 aromatic carbocycles. The highest BCUT2D eigenvalue weighted by atomic mass is 19.1. The summed E-state index contributed by atoms with van der Waals surface area (Å²) < 4.78 is 21.0. The van der Waals surface area contributed by atoms with Crippen LogP contribution in [0, 0.1) is 12.7 Å². The molecule has 3 heterocycles. The van der Waals surface area contributed by atoms with Crippen molar-refractivity contribution in [2.24, 2.45) is 0 Å². The molecular weight excluding hydrogens is 461 g/mol. The second-order valence-corrected chi connectivity index (χ2v) is 8.48. The summed E-state index contributed by atoms with van der Waals surface area (Å²) in [6, 6.07) is 9.28. The summed E-state index contributed by atoms with van der Waals surface area (Å²) in [6.07, 6.45) is 6.80. The number of imidazole rings is 1. The average molecular weight is 492 g/mol. The Labute approximate surface area is 209 Å². The van der Waals surface area contributed by atoms with E-state index in [4.69, 9.17) is 4.74 Å². The molecule has 188 valence electrons. The van der Waals surface area contributed by atoms with Crippen LogP contribution >= 0.6 is 0 Å². The van der Waals surface area contributed by atoms with Gasteiger partial charge in [-0.2, -0.15) is 0 Å². The van der Waals surface area contributed by atoms with E-state index in [1.807, 2.05) is 31.2 Å². The fourth-order valence-electron chi connectivity index (χ4n) is 3.94. The van der Waals surface area contributed by atoms with Crippen LogP contribution in [-0.2, 0) is 0 Å². The van der Waals surface area contributed by atoms with Crippen molar-refractivity contribution in [2.75, 3.05) is 23.1 Å². The van der Waals surface area contributed by atoms with Crippen molar-refractivity contribution in [1.82, 2.24) is 19.6 Å². The summed E-state index contributed by atoms with van der Waals surface area (Å²) in [7, 11) is 1.63. The monoisotopic (exact) mass is 491 g/mol. The van der Waals surface area contributed by atoms with Gasteiger partial charge in [0.2, 0.25) is 0 Å². The summed E-state index contributed by atoms with van der Waals surface area (Å²) in [4.78, 5) is 21.2. The first kappa shape index (κ1) is 24.9. The minimum absolute atomic E-state index is 0.0262. The number of methoxy groups -OCH3 is 1. The van der Waals surface area contributed by atoms with E-state index in [1.54, 1.807) is 7.11 Å². The van der Waals surface area contributed by atoms with E-state index in [0.29, 0.717) is 17.2 Å². The lowest BCUT2D eigenvalue weighted by molar-refractivity contribution is 0.102. The van der Waals surface area contributed by atoms with Crippen molar-refractivity contribution in [3.8, 4) is 5.75 Å². The third-order valence-corrected chi connectivity index (χ3v) is 5.89. The topological polar surface area (TPSA) is 105 Å². The fourth-order valence-corrected chi connectivity index (χ4v) is 3.94. The fraction of sp³-hybridized carbons (Fsp3) is 0.308. The van der Waals surface area contributed by atoms with Gasteiger partial charge in [0.1, 0.15) is 11.6 Å². The van der Waals surface area contributed by atoms with Gasteiger partial charge >= 0.3 is 0 Å².